The van der Waals surface area contributed by atoms with Gasteiger partial charge >= 0.3 is 19.6 Å². The van der Waals surface area contributed by atoms with Crippen LogP contribution in [0.2, 0.25) is 0 Å². The summed E-state index contributed by atoms with van der Waals surface area (Å²) < 4.78 is 41.1. The van der Waals surface area contributed by atoms with Gasteiger partial charge in [-0.25, -0.2) is 9.78 Å². The quantitative estimate of drug-likeness (QED) is 0.180. The van der Waals surface area contributed by atoms with Gasteiger partial charge in [0.05, 0.1) is 19.5 Å². The highest BCUT2D eigenvalue weighted by Crippen LogP contribution is 2.43. The molecule has 2 aromatic heterocycles. The number of esters is 1. The third-order valence-corrected chi connectivity index (χ3v) is 5.22. The third kappa shape index (κ3) is 4.27. The molecule has 5 atom stereocenters. The minimum Gasteiger partial charge on any atom is -0.464 e. The average molecular weight is 451 g/mol. The molecule has 3 heterocycles. The minimum atomic E-state index is -5.04. The second-order valence-corrected chi connectivity index (χ2v) is 7.92. The van der Waals surface area contributed by atoms with Gasteiger partial charge in [-0.3, -0.25) is 9.13 Å². The predicted octanol–water partition coefficient (Wildman–Crippen LogP) is -1.75. The number of ether oxygens (including phenoxy) is 3. The molecular formula is C14H19FN5O9P. The van der Waals surface area contributed by atoms with Crippen molar-refractivity contribution in [1.82, 2.24) is 19.5 Å². The number of nitrogen functional groups attached to an aromatic ring is 1. The number of imidazole rings is 1. The van der Waals surface area contributed by atoms with Crippen LogP contribution in [-0.2, 0) is 23.6 Å². The number of aromatic nitrogens is 4. The Morgan fingerprint density at radius 2 is 2.10 bits per heavy atom. The number of fused-ring (bicyclic) bond motifs is 1. The van der Waals surface area contributed by atoms with Crippen molar-refractivity contribution in [2.45, 2.75) is 37.3 Å². The van der Waals surface area contributed by atoms with E-state index in [0.717, 1.165) is 10.9 Å². The van der Waals surface area contributed by atoms with E-state index in [1.165, 1.54) is 6.92 Å². The van der Waals surface area contributed by atoms with Crippen molar-refractivity contribution in [3.8, 4) is 0 Å². The molecule has 30 heavy (non-hydrogen) atoms. The Morgan fingerprint density at radius 1 is 1.40 bits per heavy atom. The molecule has 0 aliphatic carbocycles. The largest absolute Gasteiger partial charge is 0.464 e. The molecule has 3 rings (SSSR count). The summed E-state index contributed by atoms with van der Waals surface area (Å²) in [6, 6.07) is 0. The first-order valence-electron chi connectivity index (χ1n) is 8.55. The van der Waals surface area contributed by atoms with Crippen molar-refractivity contribution in [3.05, 3.63) is 12.4 Å². The lowest BCUT2D eigenvalue weighted by atomic mass is 10.1. The van der Waals surface area contributed by atoms with Crippen molar-refractivity contribution < 1.29 is 48.0 Å². The van der Waals surface area contributed by atoms with Crippen LogP contribution in [0, 0.1) is 6.08 Å². The number of anilines is 1. The number of aliphatic hydroxyl groups is 2. The monoisotopic (exact) mass is 451 g/mol. The summed E-state index contributed by atoms with van der Waals surface area (Å²) in [7, 11) is -5.04. The molecule has 0 aromatic carbocycles. The van der Waals surface area contributed by atoms with Crippen LogP contribution >= 0.6 is 7.60 Å². The zero-order valence-electron chi connectivity index (χ0n) is 15.4. The van der Waals surface area contributed by atoms with Crippen LogP contribution in [0.4, 0.5) is 10.2 Å². The number of nitrogens with two attached hydrogens (primary N) is 1. The van der Waals surface area contributed by atoms with Crippen molar-refractivity contribution in [1.29, 1.82) is 0 Å². The predicted molar refractivity (Wildman–Crippen MR) is 94.0 cm³/mol. The highest BCUT2D eigenvalue weighted by Gasteiger charge is 2.46. The first-order chi connectivity index (χ1) is 14.0. The summed E-state index contributed by atoms with van der Waals surface area (Å²) in [5.41, 5.74) is 5.49. The molecule has 6 N–H and O–H groups in total. The molecular weight excluding hydrogens is 432 g/mol. The highest BCUT2D eigenvalue weighted by molar-refractivity contribution is 7.53. The van der Waals surface area contributed by atoms with Gasteiger partial charge in [0.15, 0.2) is 23.2 Å². The number of carbonyl (C=O) groups is 1. The molecule has 1 aliphatic heterocycles. The van der Waals surface area contributed by atoms with Crippen LogP contribution in [0.25, 0.3) is 11.2 Å². The molecule has 1 fully saturated rings. The van der Waals surface area contributed by atoms with Crippen LogP contribution in [0.1, 0.15) is 13.2 Å². The number of halogens is 1. The second kappa shape index (κ2) is 8.47. The molecule has 0 saturated carbocycles. The molecule has 2 aromatic rings. The van der Waals surface area contributed by atoms with Crippen molar-refractivity contribution in [2.75, 3.05) is 18.9 Å². The summed E-state index contributed by atoms with van der Waals surface area (Å²) in [5, 5.41) is 20.6. The first-order valence-corrected chi connectivity index (χ1v) is 10.2. The van der Waals surface area contributed by atoms with Crippen LogP contribution in [0.5, 0.6) is 0 Å². The van der Waals surface area contributed by atoms with Crippen LogP contribution in [0.15, 0.2) is 6.33 Å². The molecule has 0 unspecified atom stereocenters. The number of rotatable bonds is 7. The summed E-state index contributed by atoms with van der Waals surface area (Å²) in [6.07, 6.45) is -5.80. The minimum absolute atomic E-state index is 0.0327. The number of nitrogens with zero attached hydrogens (tertiary/aromatic N) is 4. The van der Waals surface area contributed by atoms with E-state index in [1.807, 2.05) is 0 Å². The smallest absolute Gasteiger partial charge is 0.365 e. The average Bonchev–Trinajstić information content (AvgIpc) is 3.17. The van der Waals surface area contributed by atoms with Crippen molar-refractivity contribution >= 4 is 30.5 Å². The van der Waals surface area contributed by atoms with Gasteiger partial charge in [0.1, 0.15) is 18.3 Å². The molecule has 1 saturated heterocycles. The fourth-order valence-corrected chi connectivity index (χ4v) is 3.53. The molecule has 0 bridgehead atoms. The van der Waals surface area contributed by atoms with E-state index in [9.17, 15) is 33.7 Å². The second-order valence-electron chi connectivity index (χ2n) is 6.28. The Morgan fingerprint density at radius 3 is 2.73 bits per heavy atom. The van der Waals surface area contributed by atoms with Gasteiger partial charge in [0.2, 0.25) is 0 Å². The van der Waals surface area contributed by atoms with Crippen molar-refractivity contribution in [3.63, 3.8) is 0 Å². The third-order valence-electron chi connectivity index (χ3n) is 4.24. The van der Waals surface area contributed by atoms with Crippen LogP contribution in [0.3, 0.4) is 0 Å². The van der Waals surface area contributed by atoms with Gasteiger partial charge in [-0.05, 0) is 6.92 Å². The zero-order valence-corrected chi connectivity index (χ0v) is 16.3. The summed E-state index contributed by atoms with van der Waals surface area (Å²) >= 11 is 0. The maximum Gasteiger partial charge on any atom is 0.365 e. The van der Waals surface area contributed by atoms with E-state index in [0.29, 0.717) is 0 Å². The normalized spacial score (nSPS) is 25.5. The van der Waals surface area contributed by atoms with E-state index < -0.39 is 56.6 Å². The van der Waals surface area contributed by atoms with Crippen LogP contribution < -0.4 is 5.73 Å². The van der Waals surface area contributed by atoms with Gasteiger partial charge in [0.25, 0.3) is 5.85 Å². The van der Waals surface area contributed by atoms with Gasteiger partial charge < -0.3 is 39.9 Å². The summed E-state index contributed by atoms with van der Waals surface area (Å²) in [6.45, 7) is 0.618. The van der Waals surface area contributed by atoms with E-state index >= 15 is 0 Å². The molecule has 0 amide bonds. The molecule has 14 nitrogen and oxygen atoms in total. The van der Waals surface area contributed by atoms with E-state index in [1.54, 1.807) is 0 Å². The number of hydrogen-bond acceptors (Lipinski definition) is 11. The maximum atomic E-state index is 13.5. The van der Waals surface area contributed by atoms with E-state index in [2.05, 4.69) is 19.7 Å². The molecule has 0 spiro atoms. The number of carbonyl (C=O) groups excluding carboxylic acids is 1. The Balaban J connectivity index is 1.79. The number of aliphatic hydroxyl groups excluding tert-OH is 2. The SMILES string of the molecule is CCOC(=O)[C@H](OC[C@H]1O[C@@H](n2cnc3c(N)nc(F)nc32)[C@H](O)[C@H]1O)P(=O)(O)O. The topological polar surface area (TPSA) is 212 Å². The molecule has 0 radical (unpaired) electrons. The zero-order chi connectivity index (χ0) is 22.2. The maximum absolute atomic E-state index is 13.5. The van der Waals surface area contributed by atoms with Gasteiger partial charge in [-0.15, -0.1) is 0 Å². The fraction of sp³-hybridized carbons (Fsp3) is 0.571. The van der Waals surface area contributed by atoms with Gasteiger partial charge in [-0.2, -0.15) is 14.4 Å². The first kappa shape index (κ1) is 22.4. The summed E-state index contributed by atoms with van der Waals surface area (Å²) in [4.78, 5) is 41.1. The van der Waals surface area contributed by atoms with Gasteiger partial charge in [-0.1, -0.05) is 0 Å². The molecule has 166 valence electrons. The lowest BCUT2D eigenvalue weighted by molar-refractivity contribution is -0.155. The standard InChI is InChI=1S/C14H19FN5O9P/c1-2-27-12(23)13(30(24,25)26)28-3-5-7(21)8(22)11(29-5)20-4-17-6-9(16)18-14(15)19-10(6)20/h4-5,7-8,11,13,21-22H,2-3H2,1H3,(H2,16,18,19)(H2,24,25,26)/t5-,7+,8-,11-,13-/m1/s1. The van der Waals surface area contributed by atoms with Crippen LogP contribution in [-0.4, -0.2) is 82.9 Å². The highest BCUT2D eigenvalue weighted by atomic mass is 31.2. The van der Waals surface area contributed by atoms with E-state index in [-0.39, 0.29) is 23.6 Å². The summed E-state index contributed by atoms with van der Waals surface area (Å²) in [5.74, 6) is -3.78. The van der Waals surface area contributed by atoms with E-state index in [4.69, 9.17) is 15.2 Å². The Hall–Kier alpha value is -2.26. The Labute approximate surface area is 167 Å². The molecule has 1 aliphatic rings. The lowest BCUT2D eigenvalue weighted by Gasteiger charge is -2.20. The fourth-order valence-electron chi connectivity index (χ4n) is 2.90. The number of hydrogen-bond donors (Lipinski definition) is 5. The van der Waals surface area contributed by atoms with Crippen molar-refractivity contribution in [2.24, 2.45) is 0 Å². The molecule has 16 heteroatoms. The van der Waals surface area contributed by atoms with Gasteiger partial charge in [0, 0.05) is 0 Å². The lowest BCUT2D eigenvalue weighted by Crippen LogP contribution is -2.36. The Bertz CT molecular complexity index is 984. The Kier molecular flexibility index (Phi) is 6.33.